The van der Waals surface area contributed by atoms with Gasteiger partial charge in [-0.15, -0.1) is 0 Å². The number of hydrogen-bond acceptors (Lipinski definition) is 6. The minimum absolute atomic E-state index is 0.0850. The van der Waals surface area contributed by atoms with E-state index in [-0.39, 0.29) is 5.96 Å². The average molecular weight is 229 g/mol. The average Bonchev–Trinajstić information content (AvgIpc) is 2.82. The number of guanidine groups is 1. The van der Waals surface area contributed by atoms with E-state index in [1.54, 1.807) is 18.3 Å². The molecule has 2 heterocycles. The van der Waals surface area contributed by atoms with E-state index in [1.165, 1.54) is 0 Å². The minimum atomic E-state index is 0.0850. The molecule has 0 aliphatic carbocycles. The van der Waals surface area contributed by atoms with Crippen molar-refractivity contribution in [3.05, 3.63) is 35.7 Å². The van der Waals surface area contributed by atoms with Crippen molar-refractivity contribution in [3.63, 3.8) is 0 Å². The molecule has 0 spiro atoms. The number of hydrogen-bond donors (Lipinski definition) is 3. The molecule has 17 heavy (non-hydrogen) atoms. The third-order valence-corrected chi connectivity index (χ3v) is 2.46. The topological polar surface area (TPSA) is 105 Å². The van der Waals surface area contributed by atoms with E-state index in [9.17, 15) is 5.21 Å². The zero-order valence-corrected chi connectivity index (χ0v) is 8.71. The van der Waals surface area contributed by atoms with Gasteiger partial charge in [0, 0.05) is 11.8 Å². The zero-order chi connectivity index (χ0) is 11.8. The van der Waals surface area contributed by atoms with Crippen LogP contribution in [0.1, 0.15) is 0 Å². The fraction of sp³-hybridized carbons (Fsp3) is 0. The number of H-pyrrole nitrogens is 1. The van der Waals surface area contributed by atoms with E-state index in [2.05, 4.69) is 20.6 Å². The van der Waals surface area contributed by atoms with Crippen molar-refractivity contribution in [2.75, 3.05) is 5.17 Å². The highest BCUT2D eigenvalue weighted by Gasteiger charge is 2.12. The van der Waals surface area contributed by atoms with E-state index in [1.807, 2.05) is 12.1 Å². The lowest BCUT2D eigenvalue weighted by Gasteiger charge is -2.35. The number of hydrazine groups is 1. The molecular formula is C10H9N6O-. The largest absolute Gasteiger partial charge is 0.739 e. The fourth-order valence-corrected chi connectivity index (χ4v) is 1.68. The Morgan fingerprint density at radius 3 is 2.94 bits per heavy atom. The van der Waals surface area contributed by atoms with Gasteiger partial charge >= 0.3 is 0 Å². The summed E-state index contributed by atoms with van der Waals surface area (Å²) in [4.78, 5) is 4.03. The van der Waals surface area contributed by atoms with Crippen molar-refractivity contribution in [2.24, 2.45) is 10.7 Å². The molecule has 0 radical (unpaired) electrons. The Labute approximate surface area is 96.5 Å². The van der Waals surface area contributed by atoms with Crippen LogP contribution < -0.4 is 16.3 Å². The summed E-state index contributed by atoms with van der Waals surface area (Å²) >= 11 is 0. The Bertz CT molecular complexity index is 576. The lowest BCUT2D eigenvalue weighted by molar-refractivity contribution is 0.900. The van der Waals surface area contributed by atoms with Gasteiger partial charge in [0.2, 0.25) is 5.96 Å². The van der Waals surface area contributed by atoms with Gasteiger partial charge in [0.1, 0.15) is 0 Å². The van der Waals surface area contributed by atoms with Crippen molar-refractivity contribution >= 4 is 17.3 Å². The number of benzene rings is 1. The Balaban J connectivity index is 2.11. The molecule has 1 aliphatic heterocycles. The highest BCUT2D eigenvalue weighted by atomic mass is 16.5. The van der Waals surface area contributed by atoms with Crippen LogP contribution in [0.3, 0.4) is 0 Å². The first-order valence-electron chi connectivity index (χ1n) is 4.96. The molecule has 0 saturated heterocycles. The van der Waals surface area contributed by atoms with Crippen LogP contribution in [0.15, 0.2) is 35.5 Å². The third kappa shape index (κ3) is 1.58. The monoisotopic (exact) mass is 229 g/mol. The molecule has 0 saturated carbocycles. The summed E-state index contributed by atoms with van der Waals surface area (Å²) < 4.78 is 0. The molecule has 1 aromatic heterocycles. The zero-order valence-electron chi connectivity index (χ0n) is 8.71. The van der Waals surface area contributed by atoms with E-state index in [4.69, 9.17) is 5.73 Å². The van der Waals surface area contributed by atoms with Crippen LogP contribution in [0.4, 0.5) is 11.4 Å². The van der Waals surface area contributed by atoms with E-state index >= 15 is 0 Å². The third-order valence-electron chi connectivity index (χ3n) is 2.46. The number of aromatic amines is 1. The van der Waals surface area contributed by atoms with Gasteiger partial charge in [-0.25, -0.2) is 4.99 Å². The number of anilines is 1. The van der Waals surface area contributed by atoms with Gasteiger partial charge in [-0.1, -0.05) is 6.07 Å². The molecule has 1 aromatic carbocycles. The molecule has 4 N–H and O–H groups in total. The summed E-state index contributed by atoms with van der Waals surface area (Å²) in [6.45, 7) is 0. The second-order valence-electron chi connectivity index (χ2n) is 3.58. The molecule has 0 atom stereocenters. The molecule has 7 heteroatoms. The van der Waals surface area contributed by atoms with Crippen LogP contribution in [-0.2, 0) is 0 Å². The number of fused-ring (bicyclic) bond motifs is 1. The fourth-order valence-electron chi connectivity index (χ4n) is 1.68. The highest BCUT2D eigenvalue weighted by molar-refractivity contribution is 5.90. The maximum Gasteiger partial charge on any atom is 0.212 e. The first-order valence-corrected chi connectivity index (χ1v) is 4.96. The lowest BCUT2D eigenvalue weighted by atomic mass is 10.1. The first-order chi connectivity index (χ1) is 8.24. The lowest BCUT2D eigenvalue weighted by Crippen LogP contribution is -2.44. The predicted molar refractivity (Wildman–Crippen MR) is 64.3 cm³/mol. The van der Waals surface area contributed by atoms with Crippen molar-refractivity contribution < 1.29 is 0 Å². The summed E-state index contributed by atoms with van der Waals surface area (Å²) in [5, 5.41) is 18.9. The van der Waals surface area contributed by atoms with Gasteiger partial charge < -0.3 is 16.1 Å². The summed E-state index contributed by atoms with van der Waals surface area (Å²) in [5.74, 6) is 0.0850. The summed E-state index contributed by atoms with van der Waals surface area (Å²) in [5.41, 5.74) is 10.5. The van der Waals surface area contributed by atoms with Gasteiger partial charge in [0.15, 0.2) is 0 Å². The van der Waals surface area contributed by atoms with E-state index in [0.29, 0.717) is 16.5 Å². The van der Waals surface area contributed by atoms with Crippen LogP contribution >= 0.6 is 0 Å². The highest BCUT2D eigenvalue weighted by Crippen LogP contribution is 2.33. The standard InChI is InChI=1S/C10H9N6O/c11-10-13-8-2-1-6(7-3-4-12-14-7)5-9(8)16(17)15-10/h1-5H,(H,12,14)(H3,11,13,15)/q-1. The van der Waals surface area contributed by atoms with Crippen molar-refractivity contribution in [1.29, 1.82) is 0 Å². The molecule has 0 amide bonds. The molecule has 86 valence electrons. The van der Waals surface area contributed by atoms with Gasteiger partial charge in [0.25, 0.3) is 0 Å². The second-order valence-corrected chi connectivity index (χ2v) is 3.58. The number of aromatic nitrogens is 2. The van der Waals surface area contributed by atoms with Crippen LogP contribution in [0, 0.1) is 5.21 Å². The number of nitrogens with two attached hydrogens (primary N) is 1. The van der Waals surface area contributed by atoms with Crippen molar-refractivity contribution in [3.8, 4) is 11.3 Å². The van der Waals surface area contributed by atoms with Crippen LogP contribution in [0.2, 0.25) is 0 Å². The smallest absolute Gasteiger partial charge is 0.212 e. The molecule has 7 nitrogen and oxygen atoms in total. The Kier molecular flexibility index (Phi) is 1.99. The SMILES string of the molecule is NC1=Nc2ccc(-c3ccn[nH]3)cc2N([O-])N1. The maximum absolute atomic E-state index is 11.6. The molecule has 2 aromatic rings. The Hall–Kier alpha value is -2.54. The minimum Gasteiger partial charge on any atom is -0.739 e. The summed E-state index contributed by atoms with van der Waals surface area (Å²) in [7, 11) is 0. The van der Waals surface area contributed by atoms with Crippen LogP contribution in [0.25, 0.3) is 11.3 Å². The number of rotatable bonds is 1. The molecule has 0 bridgehead atoms. The number of nitrogens with one attached hydrogen (secondary N) is 2. The van der Waals surface area contributed by atoms with E-state index in [0.717, 1.165) is 11.3 Å². The number of nitrogens with zero attached hydrogens (tertiary/aromatic N) is 3. The molecular weight excluding hydrogens is 220 g/mol. The Morgan fingerprint density at radius 2 is 2.18 bits per heavy atom. The van der Waals surface area contributed by atoms with Crippen molar-refractivity contribution in [1.82, 2.24) is 15.6 Å². The van der Waals surface area contributed by atoms with Gasteiger partial charge in [-0.3, -0.25) is 10.5 Å². The first kappa shape index (κ1) is 9.67. The predicted octanol–water partition coefficient (Wildman–Crippen LogP) is 0.845. The molecule has 1 aliphatic rings. The molecule has 0 fully saturated rings. The van der Waals surface area contributed by atoms with Gasteiger partial charge in [0.05, 0.1) is 17.1 Å². The van der Waals surface area contributed by atoms with Crippen molar-refractivity contribution in [2.45, 2.75) is 0 Å². The van der Waals surface area contributed by atoms with Crippen LogP contribution in [-0.4, -0.2) is 16.2 Å². The molecule has 3 rings (SSSR count). The molecule has 0 unspecified atom stereocenters. The van der Waals surface area contributed by atoms with Crippen LogP contribution in [0.5, 0.6) is 0 Å². The Morgan fingerprint density at radius 1 is 1.29 bits per heavy atom. The number of aliphatic imine (C=N–C) groups is 1. The quantitative estimate of drug-likeness (QED) is 0.672. The van der Waals surface area contributed by atoms with E-state index < -0.39 is 0 Å². The summed E-state index contributed by atoms with van der Waals surface area (Å²) in [6, 6.07) is 7.13. The summed E-state index contributed by atoms with van der Waals surface area (Å²) in [6.07, 6.45) is 1.65. The normalized spacial score (nSPS) is 13.9. The van der Waals surface area contributed by atoms with Gasteiger partial charge in [-0.2, -0.15) is 5.10 Å². The van der Waals surface area contributed by atoms with Gasteiger partial charge in [-0.05, 0) is 18.2 Å². The maximum atomic E-state index is 11.6. The second kappa shape index (κ2) is 3.49.